The van der Waals surface area contributed by atoms with Gasteiger partial charge in [-0.2, -0.15) is 0 Å². The van der Waals surface area contributed by atoms with Gasteiger partial charge in [0.15, 0.2) is 0 Å². The minimum absolute atomic E-state index is 0.151. The Morgan fingerprint density at radius 3 is 1.64 bits per heavy atom. The summed E-state index contributed by atoms with van der Waals surface area (Å²) in [6, 6.07) is 0. The van der Waals surface area contributed by atoms with E-state index in [9.17, 15) is 9.59 Å². The second-order valence-electron chi connectivity index (χ2n) is 9.91. The van der Waals surface area contributed by atoms with Crippen molar-refractivity contribution in [3.05, 3.63) is 11.6 Å². The van der Waals surface area contributed by atoms with Crippen molar-refractivity contribution in [3.8, 4) is 0 Å². The van der Waals surface area contributed by atoms with Gasteiger partial charge in [0.25, 0.3) is 0 Å². The molecule has 0 heterocycles. The van der Waals surface area contributed by atoms with Crippen LogP contribution in [0.15, 0.2) is 11.6 Å². The van der Waals surface area contributed by atoms with E-state index in [1.54, 1.807) is 0 Å². The third kappa shape index (κ3) is 26.0. The molecule has 0 radical (unpaired) electrons. The Balaban J connectivity index is 3.46. The quantitative estimate of drug-likeness (QED) is 0.0484. The Kier molecular flexibility index (Phi) is 27.7. The molecule has 0 aliphatic rings. The molecule has 0 aromatic heterocycles. The van der Waals surface area contributed by atoms with Crippen LogP contribution in [0.1, 0.15) is 142 Å². The number of halogens is 1. The number of amides is 1. The lowest BCUT2D eigenvalue weighted by Gasteiger charge is -2.10. The third-order valence-electron chi connectivity index (χ3n) is 6.53. The lowest BCUT2D eigenvalue weighted by molar-refractivity contribution is -0.142. The number of carbonyl (C=O) groups is 2. The smallest absolute Gasteiger partial charge is 0.407 e. The molecule has 0 saturated carbocycles. The summed E-state index contributed by atoms with van der Waals surface area (Å²) in [6.45, 7) is 5.11. The Bertz CT molecular complexity index is 539. The second kappa shape index (κ2) is 28.5. The molecule has 0 fully saturated rings. The highest BCUT2D eigenvalue weighted by molar-refractivity contribution is 9.09. The summed E-state index contributed by atoms with van der Waals surface area (Å²) in [5.41, 5.74) is 0.793. The Morgan fingerprint density at radius 2 is 1.14 bits per heavy atom. The van der Waals surface area contributed by atoms with Crippen LogP contribution in [0.3, 0.4) is 0 Å². The lowest BCUT2D eigenvalue weighted by atomic mass is 10.0. The van der Waals surface area contributed by atoms with Gasteiger partial charge >= 0.3 is 12.1 Å². The number of nitrogens with one attached hydrogen (secondary N) is 1. The lowest BCUT2D eigenvalue weighted by Crippen LogP contribution is -2.26. The normalized spacial score (nSPS) is 11.5. The molecule has 1 N–H and O–H groups in total. The number of carbonyl (C=O) groups excluding carboxylic acids is 2. The number of alkyl halides is 1. The summed E-state index contributed by atoms with van der Waals surface area (Å²) in [6.07, 6.45) is 26.2. The van der Waals surface area contributed by atoms with Gasteiger partial charge in [-0.25, -0.2) is 4.79 Å². The van der Waals surface area contributed by atoms with Crippen LogP contribution in [0.2, 0.25) is 0 Å². The molecule has 0 bridgehead atoms. The molecule has 0 aromatic carbocycles. The van der Waals surface area contributed by atoms with Gasteiger partial charge < -0.3 is 14.8 Å². The summed E-state index contributed by atoms with van der Waals surface area (Å²) >= 11 is 3.38. The molecule has 0 atom stereocenters. The van der Waals surface area contributed by atoms with Crippen molar-refractivity contribution in [1.82, 2.24) is 5.32 Å². The number of hydrogen-bond acceptors (Lipinski definition) is 4. The summed E-state index contributed by atoms with van der Waals surface area (Å²) in [7, 11) is 0. The number of rotatable bonds is 26. The highest BCUT2D eigenvalue weighted by Gasteiger charge is 2.07. The van der Waals surface area contributed by atoms with E-state index < -0.39 is 6.09 Å². The first-order valence-corrected chi connectivity index (χ1v) is 16.0. The van der Waals surface area contributed by atoms with E-state index in [2.05, 4.69) is 28.2 Å². The van der Waals surface area contributed by atoms with Crippen LogP contribution in [-0.4, -0.2) is 37.2 Å². The molecule has 0 rings (SSSR count). The molecule has 0 aliphatic heterocycles. The van der Waals surface area contributed by atoms with E-state index in [4.69, 9.17) is 9.47 Å². The van der Waals surface area contributed by atoms with Gasteiger partial charge in [-0.1, -0.05) is 132 Å². The fraction of sp³-hybridized carbons (Fsp3) is 0.867. The van der Waals surface area contributed by atoms with Crippen LogP contribution in [0.4, 0.5) is 4.79 Å². The van der Waals surface area contributed by atoms with Crippen LogP contribution in [0.25, 0.3) is 0 Å². The molecule has 1 amide bonds. The SMILES string of the molecule is C/C=C(\COC(=O)CCCCCBr)COC(=O)NCCCCCCCCCCCCCCCCCC. The Morgan fingerprint density at radius 1 is 0.667 bits per heavy atom. The molecule has 5 nitrogen and oxygen atoms in total. The number of esters is 1. The van der Waals surface area contributed by atoms with Gasteiger partial charge in [0.2, 0.25) is 0 Å². The van der Waals surface area contributed by atoms with Gasteiger partial charge in [-0.3, -0.25) is 4.79 Å². The van der Waals surface area contributed by atoms with Crippen LogP contribution >= 0.6 is 15.9 Å². The zero-order valence-corrected chi connectivity index (χ0v) is 25.1. The van der Waals surface area contributed by atoms with Crippen molar-refractivity contribution >= 4 is 28.0 Å². The van der Waals surface area contributed by atoms with Crippen LogP contribution < -0.4 is 5.32 Å². The number of ether oxygens (including phenoxy) is 2. The van der Waals surface area contributed by atoms with Gasteiger partial charge in [-0.05, 0) is 26.2 Å². The van der Waals surface area contributed by atoms with E-state index in [0.29, 0.717) is 13.0 Å². The maximum atomic E-state index is 11.9. The van der Waals surface area contributed by atoms with E-state index >= 15 is 0 Å². The third-order valence-corrected chi connectivity index (χ3v) is 7.09. The van der Waals surface area contributed by atoms with Crippen LogP contribution in [-0.2, 0) is 14.3 Å². The van der Waals surface area contributed by atoms with Gasteiger partial charge in [-0.15, -0.1) is 0 Å². The molecular formula is C30H56BrNO4. The topological polar surface area (TPSA) is 64.6 Å². The number of allylic oxidation sites excluding steroid dienone is 1. The number of hydrogen-bond donors (Lipinski definition) is 1. The zero-order chi connectivity index (χ0) is 26.5. The Hall–Kier alpha value is -1.04. The van der Waals surface area contributed by atoms with Crippen molar-refractivity contribution in [2.45, 2.75) is 142 Å². The predicted octanol–water partition coefficient (Wildman–Crippen LogP) is 9.42. The highest BCUT2D eigenvalue weighted by Crippen LogP contribution is 2.13. The van der Waals surface area contributed by atoms with Gasteiger partial charge in [0, 0.05) is 23.9 Å². The maximum absolute atomic E-state index is 11.9. The molecular weight excluding hydrogens is 518 g/mol. The van der Waals surface area contributed by atoms with Gasteiger partial charge in [0.1, 0.15) is 13.2 Å². The fourth-order valence-corrected chi connectivity index (χ4v) is 4.46. The van der Waals surface area contributed by atoms with Crippen molar-refractivity contribution in [3.63, 3.8) is 0 Å². The monoisotopic (exact) mass is 573 g/mol. The molecule has 212 valence electrons. The summed E-state index contributed by atoms with van der Waals surface area (Å²) < 4.78 is 10.5. The minimum Gasteiger partial charge on any atom is -0.461 e. The molecule has 0 aromatic rings. The fourth-order valence-electron chi connectivity index (χ4n) is 4.07. The van der Waals surface area contributed by atoms with E-state index in [1.165, 1.54) is 89.9 Å². The Labute approximate surface area is 231 Å². The van der Waals surface area contributed by atoms with E-state index in [1.807, 2.05) is 13.0 Å². The summed E-state index contributed by atoms with van der Waals surface area (Å²) in [4.78, 5) is 23.7. The van der Waals surface area contributed by atoms with Crippen molar-refractivity contribution < 1.29 is 19.1 Å². The summed E-state index contributed by atoms with van der Waals surface area (Å²) in [5.74, 6) is -0.197. The van der Waals surface area contributed by atoms with E-state index in [0.717, 1.165) is 43.0 Å². The second-order valence-corrected chi connectivity index (χ2v) is 10.7. The molecule has 0 unspecified atom stereocenters. The molecule has 0 saturated heterocycles. The van der Waals surface area contributed by atoms with Crippen molar-refractivity contribution in [1.29, 1.82) is 0 Å². The first kappa shape index (κ1) is 35.0. The van der Waals surface area contributed by atoms with Gasteiger partial charge in [0.05, 0.1) is 0 Å². The number of alkyl carbamates (subject to hydrolysis) is 1. The first-order valence-electron chi connectivity index (χ1n) is 14.9. The van der Waals surface area contributed by atoms with Crippen molar-refractivity contribution in [2.24, 2.45) is 0 Å². The highest BCUT2D eigenvalue weighted by atomic mass is 79.9. The first-order chi connectivity index (χ1) is 17.6. The van der Waals surface area contributed by atoms with E-state index in [-0.39, 0.29) is 19.2 Å². The number of unbranched alkanes of at least 4 members (excludes halogenated alkanes) is 17. The predicted molar refractivity (Wildman–Crippen MR) is 156 cm³/mol. The maximum Gasteiger partial charge on any atom is 0.407 e. The molecule has 0 spiro atoms. The largest absolute Gasteiger partial charge is 0.461 e. The molecule has 6 heteroatoms. The average Bonchev–Trinajstić information content (AvgIpc) is 2.88. The molecule has 0 aliphatic carbocycles. The average molecular weight is 575 g/mol. The minimum atomic E-state index is -0.406. The van der Waals surface area contributed by atoms with Crippen LogP contribution in [0.5, 0.6) is 0 Å². The van der Waals surface area contributed by atoms with Crippen molar-refractivity contribution in [2.75, 3.05) is 25.1 Å². The molecule has 36 heavy (non-hydrogen) atoms. The zero-order valence-electron chi connectivity index (χ0n) is 23.6. The standard InChI is InChI=1S/C30H56BrNO4/c1-3-5-6-7-8-9-10-11-12-13-14-15-16-17-18-22-25-32-30(34)36-27-28(4-2)26-35-29(33)23-20-19-21-24-31/h4H,3,5-27H2,1-2H3,(H,32,34)/b28-4+. The summed E-state index contributed by atoms with van der Waals surface area (Å²) in [5, 5.41) is 3.78. The van der Waals surface area contributed by atoms with Crippen LogP contribution in [0, 0.1) is 0 Å².